The molecule has 1 aliphatic heterocycles. The molecule has 0 unspecified atom stereocenters. The van der Waals surface area contributed by atoms with Crippen molar-refractivity contribution in [3.05, 3.63) is 41.7 Å². The van der Waals surface area contributed by atoms with Crippen molar-refractivity contribution in [2.24, 2.45) is 0 Å². The minimum atomic E-state index is 0.180. The van der Waals surface area contributed by atoms with Gasteiger partial charge < -0.3 is 4.90 Å². The van der Waals surface area contributed by atoms with Gasteiger partial charge in [-0.25, -0.2) is 4.98 Å². The van der Waals surface area contributed by atoms with Gasteiger partial charge in [-0.2, -0.15) is 0 Å². The van der Waals surface area contributed by atoms with Crippen molar-refractivity contribution in [3.8, 4) is 0 Å². The summed E-state index contributed by atoms with van der Waals surface area (Å²) in [6, 6.07) is 10.9. The summed E-state index contributed by atoms with van der Waals surface area (Å²) in [5, 5.41) is 7.89. The number of aromatic amines is 1. The topological polar surface area (TPSA) is 65.1 Å². The van der Waals surface area contributed by atoms with Gasteiger partial charge in [-0.15, -0.1) is 5.10 Å². The van der Waals surface area contributed by atoms with Gasteiger partial charge in [0.25, 0.3) is 0 Å². The van der Waals surface area contributed by atoms with E-state index in [-0.39, 0.29) is 5.91 Å². The molecule has 1 N–H and O–H groups in total. The highest BCUT2D eigenvalue weighted by atomic mass is 32.2. The molecule has 26 heavy (non-hydrogen) atoms. The van der Waals surface area contributed by atoms with E-state index in [1.807, 2.05) is 11.0 Å². The highest BCUT2D eigenvalue weighted by Crippen LogP contribution is 2.38. The van der Waals surface area contributed by atoms with Gasteiger partial charge in [-0.3, -0.25) is 14.8 Å². The fourth-order valence-electron chi connectivity index (χ4n) is 3.38. The Morgan fingerprint density at radius 2 is 1.96 bits per heavy atom. The summed E-state index contributed by atoms with van der Waals surface area (Å²) in [7, 11) is 0. The molecule has 7 heteroatoms. The zero-order valence-electron chi connectivity index (χ0n) is 15.1. The number of carbonyl (C=O) groups is 1. The van der Waals surface area contributed by atoms with Gasteiger partial charge in [0.05, 0.1) is 5.75 Å². The molecule has 1 aromatic carbocycles. The first-order chi connectivity index (χ1) is 12.7. The summed E-state index contributed by atoms with van der Waals surface area (Å²) in [6.45, 7) is 5.65. The van der Waals surface area contributed by atoms with E-state index in [1.54, 1.807) is 0 Å². The van der Waals surface area contributed by atoms with Crippen LogP contribution >= 0.6 is 11.8 Å². The van der Waals surface area contributed by atoms with E-state index in [1.165, 1.54) is 30.2 Å². The Labute approximate surface area is 158 Å². The van der Waals surface area contributed by atoms with Crippen LogP contribution in [0.5, 0.6) is 0 Å². The monoisotopic (exact) mass is 371 g/mol. The number of benzene rings is 1. The number of thioether (sulfide) groups is 1. The minimum Gasteiger partial charge on any atom is -0.339 e. The van der Waals surface area contributed by atoms with Crippen LogP contribution in [0.1, 0.15) is 43.1 Å². The maximum Gasteiger partial charge on any atom is 0.233 e. The second-order valence-corrected chi connectivity index (χ2v) is 8.01. The van der Waals surface area contributed by atoms with Crippen LogP contribution in [0.2, 0.25) is 0 Å². The molecule has 6 nitrogen and oxygen atoms in total. The molecule has 138 valence electrons. The summed E-state index contributed by atoms with van der Waals surface area (Å²) in [5.41, 5.74) is 1.33. The van der Waals surface area contributed by atoms with Crippen LogP contribution in [0, 0.1) is 0 Å². The lowest BCUT2D eigenvalue weighted by molar-refractivity contribution is -0.130. The minimum absolute atomic E-state index is 0.180. The summed E-state index contributed by atoms with van der Waals surface area (Å²) in [5.74, 6) is 2.13. The number of amides is 1. The lowest BCUT2D eigenvalue weighted by Crippen LogP contribution is -2.49. The van der Waals surface area contributed by atoms with Crippen molar-refractivity contribution in [1.82, 2.24) is 25.0 Å². The zero-order valence-corrected chi connectivity index (χ0v) is 15.9. The smallest absolute Gasteiger partial charge is 0.233 e. The number of hydrogen-bond donors (Lipinski definition) is 1. The Balaban J connectivity index is 1.24. The number of hydrogen-bond acceptors (Lipinski definition) is 5. The van der Waals surface area contributed by atoms with Gasteiger partial charge in [-0.1, -0.05) is 42.1 Å². The summed E-state index contributed by atoms with van der Waals surface area (Å²) in [4.78, 5) is 21.4. The second-order valence-electron chi connectivity index (χ2n) is 7.07. The highest BCUT2D eigenvalue weighted by Gasteiger charge is 2.28. The van der Waals surface area contributed by atoms with Gasteiger partial charge in [0, 0.05) is 38.1 Å². The summed E-state index contributed by atoms with van der Waals surface area (Å²) in [6.07, 6.45) is 2.40. The maximum atomic E-state index is 12.5. The Morgan fingerprint density at radius 1 is 1.23 bits per heavy atom. The molecule has 0 spiro atoms. The van der Waals surface area contributed by atoms with Gasteiger partial charge in [-0.05, 0) is 25.3 Å². The van der Waals surface area contributed by atoms with Crippen molar-refractivity contribution >= 4 is 17.7 Å². The van der Waals surface area contributed by atoms with Gasteiger partial charge in [0.1, 0.15) is 5.82 Å². The van der Waals surface area contributed by atoms with E-state index in [2.05, 4.69) is 51.3 Å². The lowest BCUT2D eigenvalue weighted by atomic mass is 10.1. The van der Waals surface area contributed by atoms with Crippen LogP contribution in [-0.2, 0) is 4.79 Å². The van der Waals surface area contributed by atoms with E-state index in [4.69, 9.17) is 0 Å². The second kappa shape index (κ2) is 7.80. The Hall–Kier alpha value is -1.86. The first-order valence-corrected chi connectivity index (χ1v) is 10.3. The van der Waals surface area contributed by atoms with Crippen molar-refractivity contribution in [2.45, 2.75) is 36.9 Å². The van der Waals surface area contributed by atoms with E-state index in [0.717, 1.165) is 32.0 Å². The third-order valence-corrected chi connectivity index (χ3v) is 6.10. The molecule has 1 aliphatic carbocycles. The third kappa shape index (κ3) is 4.10. The first-order valence-electron chi connectivity index (χ1n) is 9.32. The molecule has 2 fully saturated rings. The van der Waals surface area contributed by atoms with Crippen molar-refractivity contribution in [2.75, 3.05) is 31.9 Å². The van der Waals surface area contributed by atoms with E-state index >= 15 is 0 Å². The predicted molar refractivity (Wildman–Crippen MR) is 102 cm³/mol. The standard InChI is InChI=1S/C19H25N5OS/c1-14(15-5-3-2-4-6-15)23-9-11-24(12-10-23)17(25)13-26-19-20-18(21-22-19)16-7-8-16/h2-6,14,16H,7-13H2,1H3,(H,20,21,22)/t14-/m0/s1. The summed E-state index contributed by atoms with van der Waals surface area (Å²) < 4.78 is 0. The molecule has 2 aromatic rings. The maximum absolute atomic E-state index is 12.5. The van der Waals surface area contributed by atoms with E-state index in [9.17, 15) is 4.79 Å². The number of rotatable bonds is 6. The fraction of sp³-hybridized carbons (Fsp3) is 0.526. The number of carbonyl (C=O) groups excluding carboxylic acids is 1. The van der Waals surface area contributed by atoms with Crippen molar-refractivity contribution in [3.63, 3.8) is 0 Å². The van der Waals surface area contributed by atoms with Gasteiger partial charge in [0.2, 0.25) is 11.1 Å². The molecule has 1 saturated carbocycles. The summed E-state index contributed by atoms with van der Waals surface area (Å²) >= 11 is 1.43. The predicted octanol–water partition coefficient (Wildman–Crippen LogP) is 2.68. The van der Waals surface area contributed by atoms with Crippen molar-refractivity contribution < 1.29 is 4.79 Å². The number of nitrogens with one attached hydrogen (secondary N) is 1. The molecule has 0 radical (unpaired) electrons. The largest absolute Gasteiger partial charge is 0.339 e. The number of piperazine rings is 1. The molecular formula is C19H25N5OS. The first kappa shape index (κ1) is 17.5. The Bertz CT molecular complexity index is 737. The van der Waals surface area contributed by atoms with Gasteiger partial charge >= 0.3 is 0 Å². The highest BCUT2D eigenvalue weighted by molar-refractivity contribution is 7.99. The van der Waals surface area contributed by atoms with Crippen LogP contribution < -0.4 is 0 Å². The SMILES string of the molecule is C[C@@H](c1ccccc1)N1CCN(C(=O)CSc2n[nH]c(C3CC3)n2)CC1. The zero-order chi connectivity index (χ0) is 17.9. The number of H-pyrrole nitrogens is 1. The normalized spacial score (nSPS) is 19.5. The third-order valence-electron chi connectivity index (χ3n) is 5.27. The molecular weight excluding hydrogens is 346 g/mol. The molecule has 1 saturated heterocycles. The van der Waals surface area contributed by atoms with E-state index < -0.39 is 0 Å². The van der Waals surface area contributed by atoms with Crippen LogP contribution in [0.4, 0.5) is 0 Å². The molecule has 2 aliphatic rings. The Kier molecular flexibility index (Phi) is 5.26. The Morgan fingerprint density at radius 3 is 2.65 bits per heavy atom. The van der Waals surface area contributed by atoms with Crippen LogP contribution in [0.3, 0.4) is 0 Å². The average Bonchev–Trinajstić information content (AvgIpc) is 3.44. The molecule has 1 atom stereocenters. The van der Waals surface area contributed by atoms with Gasteiger partial charge in [0.15, 0.2) is 0 Å². The van der Waals surface area contributed by atoms with Crippen LogP contribution in [0.15, 0.2) is 35.5 Å². The molecule has 1 aromatic heterocycles. The van der Waals surface area contributed by atoms with Crippen molar-refractivity contribution in [1.29, 1.82) is 0 Å². The number of aromatic nitrogens is 3. The van der Waals surface area contributed by atoms with Crippen LogP contribution in [-0.4, -0.2) is 62.8 Å². The average molecular weight is 372 g/mol. The fourth-order valence-corrected chi connectivity index (χ4v) is 4.09. The molecule has 1 amide bonds. The molecule has 4 rings (SSSR count). The van der Waals surface area contributed by atoms with Crippen LogP contribution in [0.25, 0.3) is 0 Å². The number of nitrogens with zero attached hydrogens (tertiary/aromatic N) is 4. The molecule has 2 heterocycles. The quantitative estimate of drug-likeness (QED) is 0.791. The molecule has 0 bridgehead atoms. The lowest BCUT2D eigenvalue weighted by Gasteiger charge is -2.38. The van der Waals surface area contributed by atoms with E-state index in [0.29, 0.717) is 22.9 Å².